The second-order valence-corrected chi connectivity index (χ2v) is 4.63. The van der Waals surface area contributed by atoms with E-state index in [4.69, 9.17) is 28.5 Å². The lowest BCUT2D eigenvalue weighted by Gasteiger charge is -2.07. The lowest BCUT2D eigenvalue weighted by molar-refractivity contribution is 1.15. The first-order chi connectivity index (χ1) is 8.69. The Morgan fingerprint density at radius 1 is 1.11 bits per heavy atom. The molecule has 1 N–H and O–H groups in total. The van der Waals surface area contributed by atoms with Gasteiger partial charge in [0, 0.05) is 17.3 Å². The van der Waals surface area contributed by atoms with Gasteiger partial charge in [0.05, 0.1) is 10.6 Å². The molecule has 0 aliphatic rings. The molecule has 90 valence electrons. The zero-order valence-corrected chi connectivity index (χ0v) is 11.0. The van der Waals surface area contributed by atoms with E-state index in [1.807, 2.05) is 36.4 Å². The molecule has 2 rings (SSSR count). The van der Waals surface area contributed by atoms with Crippen LogP contribution in [0.3, 0.4) is 0 Å². The van der Waals surface area contributed by atoms with Gasteiger partial charge < -0.3 is 5.32 Å². The molecule has 0 amide bonds. The predicted molar refractivity (Wildman–Crippen MR) is 74.9 cm³/mol. The molecule has 0 unspecified atom stereocenters. The van der Waals surface area contributed by atoms with Gasteiger partial charge in [-0.1, -0.05) is 35.3 Å². The standard InChI is InChI=1S/C14H10Cl2N2/c15-12-3-1-2-10(6-12)9-18-13-4-5-14(16)11(7-13)8-17/h1-7,18H,9H2. The van der Waals surface area contributed by atoms with E-state index in [0.29, 0.717) is 22.2 Å². The highest BCUT2D eigenvalue weighted by molar-refractivity contribution is 6.31. The summed E-state index contributed by atoms with van der Waals surface area (Å²) in [4.78, 5) is 0. The summed E-state index contributed by atoms with van der Waals surface area (Å²) in [6.07, 6.45) is 0. The molecule has 18 heavy (non-hydrogen) atoms. The van der Waals surface area contributed by atoms with Crippen LogP contribution in [0.15, 0.2) is 42.5 Å². The summed E-state index contributed by atoms with van der Waals surface area (Å²) in [5.41, 5.74) is 2.40. The van der Waals surface area contributed by atoms with E-state index in [9.17, 15) is 0 Å². The summed E-state index contributed by atoms with van der Waals surface area (Å²) < 4.78 is 0. The highest BCUT2D eigenvalue weighted by atomic mass is 35.5. The van der Waals surface area contributed by atoms with E-state index < -0.39 is 0 Å². The topological polar surface area (TPSA) is 35.8 Å². The number of nitrogens with zero attached hydrogens (tertiary/aromatic N) is 1. The number of rotatable bonds is 3. The normalized spacial score (nSPS) is 9.83. The van der Waals surface area contributed by atoms with Crippen molar-refractivity contribution in [3.8, 4) is 6.07 Å². The minimum Gasteiger partial charge on any atom is -0.381 e. The summed E-state index contributed by atoms with van der Waals surface area (Å²) in [5.74, 6) is 0. The highest BCUT2D eigenvalue weighted by Gasteiger charge is 2.01. The van der Waals surface area contributed by atoms with Gasteiger partial charge in [0.15, 0.2) is 0 Å². The van der Waals surface area contributed by atoms with Gasteiger partial charge in [-0.3, -0.25) is 0 Å². The first kappa shape index (κ1) is 12.8. The predicted octanol–water partition coefficient (Wildman–Crippen LogP) is 4.48. The Morgan fingerprint density at radius 3 is 2.67 bits per heavy atom. The lowest BCUT2D eigenvalue weighted by Crippen LogP contribution is -1.99. The second kappa shape index (κ2) is 5.77. The third-order valence-electron chi connectivity index (χ3n) is 2.47. The molecule has 0 bridgehead atoms. The summed E-state index contributed by atoms with van der Waals surface area (Å²) in [7, 11) is 0. The molecule has 0 aliphatic carbocycles. The number of nitrogens with one attached hydrogen (secondary N) is 1. The number of hydrogen-bond donors (Lipinski definition) is 1. The monoisotopic (exact) mass is 276 g/mol. The van der Waals surface area contributed by atoms with Gasteiger partial charge in [0.1, 0.15) is 6.07 Å². The average Bonchev–Trinajstić information content (AvgIpc) is 2.38. The van der Waals surface area contributed by atoms with Gasteiger partial charge in [0.2, 0.25) is 0 Å². The van der Waals surface area contributed by atoms with Crippen LogP contribution in [0.5, 0.6) is 0 Å². The molecule has 0 radical (unpaired) electrons. The summed E-state index contributed by atoms with van der Waals surface area (Å²) in [6.45, 7) is 0.646. The van der Waals surface area contributed by atoms with Crippen LogP contribution in [0.2, 0.25) is 10.0 Å². The summed E-state index contributed by atoms with van der Waals surface area (Å²) in [6, 6.07) is 15.0. The molecular weight excluding hydrogens is 267 g/mol. The van der Waals surface area contributed by atoms with Crippen LogP contribution in [0, 0.1) is 11.3 Å². The molecule has 0 saturated carbocycles. The summed E-state index contributed by atoms with van der Waals surface area (Å²) >= 11 is 11.8. The fourth-order valence-corrected chi connectivity index (χ4v) is 1.94. The smallest absolute Gasteiger partial charge is 0.101 e. The van der Waals surface area contributed by atoms with Crippen molar-refractivity contribution in [1.29, 1.82) is 5.26 Å². The van der Waals surface area contributed by atoms with Crippen LogP contribution in [0.4, 0.5) is 5.69 Å². The maximum absolute atomic E-state index is 8.88. The Bertz CT molecular complexity index is 603. The fraction of sp³-hybridized carbons (Fsp3) is 0.0714. The quantitative estimate of drug-likeness (QED) is 0.898. The first-order valence-electron chi connectivity index (χ1n) is 5.37. The van der Waals surface area contributed by atoms with Crippen LogP contribution in [-0.2, 0) is 6.54 Å². The number of hydrogen-bond acceptors (Lipinski definition) is 2. The van der Waals surface area contributed by atoms with E-state index in [2.05, 4.69) is 5.32 Å². The number of halogens is 2. The van der Waals surface area contributed by atoms with E-state index in [0.717, 1.165) is 11.3 Å². The zero-order chi connectivity index (χ0) is 13.0. The third-order valence-corrected chi connectivity index (χ3v) is 3.04. The van der Waals surface area contributed by atoms with Crippen molar-refractivity contribution in [2.75, 3.05) is 5.32 Å². The molecule has 2 aromatic rings. The van der Waals surface area contributed by atoms with Crippen molar-refractivity contribution in [1.82, 2.24) is 0 Å². The van der Waals surface area contributed by atoms with Crippen LogP contribution >= 0.6 is 23.2 Å². The Morgan fingerprint density at radius 2 is 1.94 bits per heavy atom. The Hall–Kier alpha value is -1.69. The van der Waals surface area contributed by atoms with E-state index in [1.165, 1.54) is 0 Å². The zero-order valence-electron chi connectivity index (χ0n) is 9.45. The van der Waals surface area contributed by atoms with Gasteiger partial charge in [-0.05, 0) is 35.9 Å². The maximum atomic E-state index is 8.88. The second-order valence-electron chi connectivity index (χ2n) is 3.79. The Balaban J connectivity index is 2.09. The number of benzene rings is 2. The van der Waals surface area contributed by atoms with Crippen molar-refractivity contribution in [2.24, 2.45) is 0 Å². The van der Waals surface area contributed by atoms with Gasteiger partial charge in [-0.2, -0.15) is 5.26 Å². The Labute approximate surface area is 116 Å². The average molecular weight is 277 g/mol. The molecule has 0 heterocycles. The minimum atomic E-state index is 0.464. The molecule has 0 atom stereocenters. The molecule has 2 nitrogen and oxygen atoms in total. The highest BCUT2D eigenvalue weighted by Crippen LogP contribution is 2.20. The SMILES string of the molecule is N#Cc1cc(NCc2cccc(Cl)c2)ccc1Cl. The van der Waals surface area contributed by atoms with Gasteiger partial charge in [-0.25, -0.2) is 0 Å². The molecule has 0 saturated heterocycles. The van der Waals surface area contributed by atoms with Crippen molar-refractivity contribution in [3.63, 3.8) is 0 Å². The van der Waals surface area contributed by atoms with Crippen molar-refractivity contribution in [3.05, 3.63) is 63.6 Å². The van der Waals surface area contributed by atoms with Crippen LogP contribution in [-0.4, -0.2) is 0 Å². The van der Waals surface area contributed by atoms with Crippen LogP contribution in [0.1, 0.15) is 11.1 Å². The number of nitriles is 1. The molecule has 0 fully saturated rings. The Kier molecular flexibility index (Phi) is 4.09. The molecule has 0 aliphatic heterocycles. The first-order valence-corrected chi connectivity index (χ1v) is 6.12. The van der Waals surface area contributed by atoms with Crippen LogP contribution in [0.25, 0.3) is 0 Å². The van der Waals surface area contributed by atoms with Crippen LogP contribution < -0.4 is 5.32 Å². The molecule has 2 aromatic carbocycles. The van der Waals surface area contributed by atoms with Crippen molar-refractivity contribution in [2.45, 2.75) is 6.54 Å². The lowest BCUT2D eigenvalue weighted by atomic mass is 10.2. The molecular formula is C14H10Cl2N2. The number of anilines is 1. The van der Waals surface area contributed by atoms with E-state index in [1.54, 1.807) is 12.1 Å². The van der Waals surface area contributed by atoms with Gasteiger partial charge >= 0.3 is 0 Å². The van der Waals surface area contributed by atoms with Gasteiger partial charge in [-0.15, -0.1) is 0 Å². The maximum Gasteiger partial charge on any atom is 0.101 e. The van der Waals surface area contributed by atoms with E-state index >= 15 is 0 Å². The molecule has 0 spiro atoms. The van der Waals surface area contributed by atoms with Crippen molar-refractivity contribution < 1.29 is 0 Å². The van der Waals surface area contributed by atoms with E-state index in [-0.39, 0.29) is 0 Å². The third kappa shape index (κ3) is 3.16. The molecule has 4 heteroatoms. The van der Waals surface area contributed by atoms with Gasteiger partial charge in [0.25, 0.3) is 0 Å². The van der Waals surface area contributed by atoms with Crippen molar-refractivity contribution >= 4 is 28.9 Å². The largest absolute Gasteiger partial charge is 0.381 e. The minimum absolute atomic E-state index is 0.464. The molecule has 0 aromatic heterocycles. The summed E-state index contributed by atoms with van der Waals surface area (Å²) in [5, 5.41) is 13.3. The fourth-order valence-electron chi connectivity index (χ4n) is 1.57.